The molecule has 1 unspecified atom stereocenters. The number of thioether (sulfide) groups is 1. The van der Waals surface area contributed by atoms with Crippen molar-refractivity contribution in [1.29, 1.82) is 0 Å². The van der Waals surface area contributed by atoms with Crippen molar-refractivity contribution in [2.45, 2.75) is 116 Å². The quantitative estimate of drug-likeness (QED) is 0.0863. The second-order valence-corrected chi connectivity index (χ2v) is 14.9. The molecule has 0 saturated heterocycles. The third-order valence-corrected chi connectivity index (χ3v) is 9.87. The van der Waals surface area contributed by atoms with Crippen molar-refractivity contribution >= 4 is 65.4 Å². The maximum absolute atomic E-state index is 14.1. The summed E-state index contributed by atoms with van der Waals surface area (Å²) in [5, 5.41) is 18.1. The van der Waals surface area contributed by atoms with Crippen LogP contribution in [0, 0.1) is 5.92 Å². The standard InChI is InChI=1S/C35H62N8O11S/c1-13-16-23(31(49)54-15-3)18-19-55-30(42(11)25(44)17-14-2)29(48)41(10)24(20-35(6,7)53)27(46)38-33(51)43(12)34(52)39-32(50)37-21(4)28(47)40(9)22(5)26(45)36-8/h21-24,30,53H,13-20H2,1-12H3,(H,36,45)(H,38,46,51)(H2,37,39,50,52)/t21?,22-,23-,24+,30-/m1/s1. The highest BCUT2D eigenvalue weighted by Crippen LogP contribution is 2.25. The summed E-state index contributed by atoms with van der Waals surface area (Å²) in [5.74, 6) is -3.68. The number of carbonyl (C=O) groups excluding carboxylic acids is 9. The molecule has 0 aliphatic carbocycles. The Kier molecular flexibility index (Phi) is 22.2. The van der Waals surface area contributed by atoms with Crippen molar-refractivity contribution in [2.24, 2.45) is 5.92 Å². The summed E-state index contributed by atoms with van der Waals surface area (Å²) in [6, 6.07) is -7.26. The molecule has 20 heteroatoms. The summed E-state index contributed by atoms with van der Waals surface area (Å²) < 4.78 is 5.20. The Labute approximate surface area is 328 Å². The topological polar surface area (TPSA) is 244 Å². The lowest BCUT2D eigenvalue weighted by Crippen LogP contribution is -2.58. The van der Waals surface area contributed by atoms with Crippen molar-refractivity contribution < 1.29 is 53.0 Å². The Balaban J connectivity index is 6.02. The Morgan fingerprint density at radius 1 is 0.782 bits per heavy atom. The lowest BCUT2D eigenvalue weighted by Gasteiger charge is -2.36. The van der Waals surface area contributed by atoms with Gasteiger partial charge in [0.2, 0.25) is 17.7 Å². The summed E-state index contributed by atoms with van der Waals surface area (Å²) in [6.45, 7) is 11.2. The molecule has 0 aliphatic heterocycles. The first-order chi connectivity index (χ1) is 25.5. The lowest BCUT2D eigenvalue weighted by atomic mass is 9.97. The average molecular weight is 803 g/mol. The number of amides is 11. The highest BCUT2D eigenvalue weighted by Gasteiger charge is 2.39. The molecule has 0 bridgehead atoms. The van der Waals surface area contributed by atoms with Gasteiger partial charge in [-0.2, -0.15) is 0 Å². The number of esters is 1. The maximum Gasteiger partial charge on any atom is 0.333 e. The van der Waals surface area contributed by atoms with E-state index in [-0.39, 0.29) is 37.1 Å². The first kappa shape index (κ1) is 50.5. The number of hydrogen-bond acceptors (Lipinski definition) is 12. The first-order valence-electron chi connectivity index (χ1n) is 18.2. The van der Waals surface area contributed by atoms with Crippen LogP contribution in [0.3, 0.4) is 0 Å². The fourth-order valence-corrected chi connectivity index (χ4v) is 6.40. The van der Waals surface area contributed by atoms with Gasteiger partial charge in [-0.05, 0) is 59.6 Å². The van der Waals surface area contributed by atoms with Gasteiger partial charge in [0.25, 0.3) is 11.8 Å². The Hall–Kier alpha value is -4.46. The zero-order valence-corrected chi connectivity index (χ0v) is 35.1. The second kappa shape index (κ2) is 24.1. The van der Waals surface area contributed by atoms with E-state index >= 15 is 0 Å². The van der Waals surface area contributed by atoms with E-state index in [9.17, 15) is 48.3 Å². The molecule has 0 rings (SSSR count). The van der Waals surface area contributed by atoms with Gasteiger partial charge in [-0.25, -0.2) is 19.3 Å². The van der Waals surface area contributed by atoms with Crippen LogP contribution in [-0.4, -0.2) is 155 Å². The van der Waals surface area contributed by atoms with Gasteiger partial charge in [0, 0.05) is 48.1 Å². The SMILES string of the molecule is CCCC(=O)N(C)[C@H](SCC[C@@H](CCC)C(=O)OCC)C(=O)N(C)[C@@H](CC(C)(C)O)C(=O)NC(=O)N(C)C(=O)NC(=O)NC(C)C(=O)N(C)[C@H](C)C(=O)NC. The average Bonchev–Trinajstić information content (AvgIpc) is 3.12. The number of nitrogens with one attached hydrogen (secondary N) is 4. The minimum atomic E-state index is -1.54. The van der Waals surface area contributed by atoms with Crippen LogP contribution < -0.4 is 21.3 Å². The number of carbonyl (C=O) groups is 9. The van der Waals surface area contributed by atoms with Crippen LogP contribution in [0.4, 0.5) is 14.4 Å². The third kappa shape index (κ3) is 16.8. The monoisotopic (exact) mass is 802 g/mol. The van der Waals surface area contributed by atoms with Gasteiger partial charge >= 0.3 is 24.1 Å². The van der Waals surface area contributed by atoms with E-state index in [1.807, 2.05) is 17.6 Å². The number of aliphatic hydroxyl groups is 1. The zero-order chi connectivity index (χ0) is 42.8. The molecule has 0 fully saturated rings. The zero-order valence-electron chi connectivity index (χ0n) is 34.3. The number of rotatable bonds is 20. The van der Waals surface area contributed by atoms with E-state index in [0.29, 0.717) is 24.2 Å². The highest BCUT2D eigenvalue weighted by atomic mass is 32.2. The molecule has 0 radical (unpaired) electrons. The molecule has 0 aromatic rings. The van der Waals surface area contributed by atoms with E-state index in [2.05, 4.69) is 10.6 Å². The molecular weight excluding hydrogens is 740 g/mol. The van der Waals surface area contributed by atoms with E-state index in [0.717, 1.165) is 35.0 Å². The Morgan fingerprint density at radius 2 is 1.36 bits per heavy atom. The van der Waals surface area contributed by atoms with E-state index in [1.54, 1.807) is 13.8 Å². The Morgan fingerprint density at radius 3 is 1.87 bits per heavy atom. The van der Waals surface area contributed by atoms with Crippen LogP contribution in [0.5, 0.6) is 0 Å². The predicted octanol–water partition coefficient (Wildman–Crippen LogP) is 1.23. The smallest absolute Gasteiger partial charge is 0.333 e. The number of likely N-dealkylation sites (N-methyl/N-ethyl adjacent to an activating group) is 4. The molecule has 0 saturated carbocycles. The van der Waals surface area contributed by atoms with Crippen LogP contribution in [0.25, 0.3) is 0 Å². The maximum atomic E-state index is 14.1. The fraction of sp³-hybridized carbons (Fsp3) is 0.743. The van der Waals surface area contributed by atoms with Crippen LogP contribution in [0.15, 0.2) is 0 Å². The first-order valence-corrected chi connectivity index (χ1v) is 19.2. The van der Waals surface area contributed by atoms with E-state index in [1.165, 1.54) is 60.8 Å². The van der Waals surface area contributed by atoms with Crippen LogP contribution >= 0.6 is 11.8 Å². The largest absolute Gasteiger partial charge is 0.466 e. The molecule has 11 amide bonds. The number of hydrogen-bond donors (Lipinski definition) is 5. The van der Waals surface area contributed by atoms with Crippen LogP contribution in [0.2, 0.25) is 0 Å². The van der Waals surface area contributed by atoms with E-state index < -0.39 is 76.7 Å². The normalized spacial score (nSPS) is 13.8. The summed E-state index contributed by atoms with van der Waals surface area (Å²) >= 11 is 1.10. The van der Waals surface area contributed by atoms with Gasteiger partial charge in [0.15, 0.2) is 5.37 Å². The summed E-state index contributed by atoms with van der Waals surface area (Å²) in [5.41, 5.74) is -1.54. The minimum absolute atomic E-state index is 0.142. The van der Waals surface area contributed by atoms with Gasteiger partial charge in [-0.3, -0.25) is 39.4 Å². The highest BCUT2D eigenvalue weighted by molar-refractivity contribution is 8.00. The number of nitrogens with zero attached hydrogens (tertiary/aromatic N) is 4. The van der Waals surface area contributed by atoms with Crippen LogP contribution in [0.1, 0.15) is 87.0 Å². The van der Waals surface area contributed by atoms with Gasteiger partial charge in [0.05, 0.1) is 18.1 Å². The molecule has 0 aliphatic rings. The summed E-state index contributed by atoms with van der Waals surface area (Å²) in [7, 11) is 6.45. The van der Waals surface area contributed by atoms with Gasteiger partial charge < -0.3 is 35.2 Å². The van der Waals surface area contributed by atoms with Crippen molar-refractivity contribution in [3.05, 3.63) is 0 Å². The van der Waals surface area contributed by atoms with Gasteiger partial charge in [-0.15, -0.1) is 11.8 Å². The van der Waals surface area contributed by atoms with Crippen molar-refractivity contribution in [3.63, 3.8) is 0 Å². The van der Waals surface area contributed by atoms with Crippen molar-refractivity contribution in [3.8, 4) is 0 Å². The van der Waals surface area contributed by atoms with Crippen LogP contribution in [-0.2, 0) is 33.5 Å². The summed E-state index contributed by atoms with van der Waals surface area (Å²) in [6.07, 6.45) is 1.94. The second-order valence-electron chi connectivity index (χ2n) is 13.7. The van der Waals surface area contributed by atoms with Crippen molar-refractivity contribution in [2.75, 3.05) is 47.6 Å². The number of ether oxygens (including phenoxy) is 1. The molecule has 0 aromatic carbocycles. The third-order valence-electron chi connectivity index (χ3n) is 8.56. The molecule has 5 N–H and O–H groups in total. The van der Waals surface area contributed by atoms with E-state index in [4.69, 9.17) is 4.74 Å². The molecule has 0 aromatic heterocycles. The molecular formula is C35H62N8O11S. The minimum Gasteiger partial charge on any atom is -0.466 e. The fourth-order valence-electron chi connectivity index (χ4n) is 5.11. The Bertz CT molecular complexity index is 1380. The van der Waals surface area contributed by atoms with Gasteiger partial charge in [-0.1, -0.05) is 20.3 Å². The molecule has 0 heterocycles. The lowest BCUT2D eigenvalue weighted by molar-refractivity contribution is -0.148. The molecule has 5 atom stereocenters. The number of urea groups is 3. The molecule has 0 spiro atoms. The molecule has 19 nitrogen and oxygen atoms in total. The van der Waals surface area contributed by atoms with Gasteiger partial charge in [0.1, 0.15) is 18.1 Å². The molecule has 55 heavy (non-hydrogen) atoms. The van der Waals surface area contributed by atoms with Crippen molar-refractivity contribution in [1.82, 2.24) is 40.9 Å². The summed E-state index contributed by atoms with van der Waals surface area (Å²) in [4.78, 5) is 120. The molecule has 314 valence electrons. The predicted molar refractivity (Wildman–Crippen MR) is 205 cm³/mol. The number of imide groups is 3.